The summed E-state index contributed by atoms with van der Waals surface area (Å²) in [5.74, 6) is 1.74. The Morgan fingerprint density at radius 3 is 2.71 bits per heavy atom. The summed E-state index contributed by atoms with van der Waals surface area (Å²) in [5, 5.41) is 9.10. The van der Waals surface area contributed by atoms with Crippen LogP contribution in [0, 0.1) is 0 Å². The second kappa shape index (κ2) is 12.3. The molecule has 1 unspecified atom stereocenters. The first-order chi connectivity index (χ1) is 13.3. The third kappa shape index (κ3) is 6.63. The van der Waals surface area contributed by atoms with Crippen LogP contribution in [0.4, 0.5) is 0 Å². The second-order valence-electron chi connectivity index (χ2n) is 6.66. The van der Waals surface area contributed by atoms with Crippen LogP contribution in [-0.2, 0) is 6.54 Å². The highest BCUT2D eigenvalue weighted by atomic mass is 127. The van der Waals surface area contributed by atoms with Crippen molar-refractivity contribution >= 4 is 41.3 Å². The zero-order chi connectivity index (χ0) is 18.9. The fraction of sp³-hybridized carbons (Fsp3) is 0.476. The smallest absolute Gasteiger partial charge is 0.191 e. The zero-order valence-electron chi connectivity index (χ0n) is 16.7. The standard InChI is InChI=1S/C21H30N4OS.HI/c1-3-26-18-9-6-8-17(14-18)15-23-21(22-2)24-16-19(20-10-7-13-27-20)25-11-4-5-12-25;/h6-10,13-14,19H,3-5,11-12,15-16H2,1-2H3,(H2,22,23,24);1H. The minimum atomic E-state index is 0. The maximum Gasteiger partial charge on any atom is 0.191 e. The first-order valence-corrected chi connectivity index (χ1v) is 10.6. The van der Waals surface area contributed by atoms with Gasteiger partial charge in [0.2, 0.25) is 0 Å². The Morgan fingerprint density at radius 2 is 2.04 bits per heavy atom. The number of thiophene rings is 1. The Hall–Kier alpha value is -1.32. The lowest BCUT2D eigenvalue weighted by Crippen LogP contribution is -2.42. The van der Waals surface area contributed by atoms with Crippen LogP contribution in [0.2, 0.25) is 0 Å². The molecule has 0 radical (unpaired) electrons. The SMILES string of the molecule is CCOc1cccc(CNC(=NC)NCC(c2cccs2)N2CCCC2)c1.I. The maximum atomic E-state index is 5.58. The second-order valence-corrected chi connectivity index (χ2v) is 7.64. The van der Waals surface area contributed by atoms with Crippen molar-refractivity contribution in [2.24, 2.45) is 4.99 Å². The van der Waals surface area contributed by atoms with E-state index in [4.69, 9.17) is 4.74 Å². The molecule has 2 aromatic rings. The fourth-order valence-electron chi connectivity index (χ4n) is 3.46. The van der Waals surface area contributed by atoms with E-state index in [0.717, 1.165) is 18.3 Å². The van der Waals surface area contributed by atoms with E-state index in [-0.39, 0.29) is 24.0 Å². The van der Waals surface area contributed by atoms with Gasteiger partial charge in [-0.2, -0.15) is 0 Å². The lowest BCUT2D eigenvalue weighted by Gasteiger charge is -2.27. The minimum absolute atomic E-state index is 0. The average Bonchev–Trinajstić information content (AvgIpc) is 3.40. The van der Waals surface area contributed by atoms with Gasteiger partial charge in [0.05, 0.1) is 12.6 Å². The largest absolute Gasteiger partial charge is 0.494 e. The molecule has 1 aromatic carbocycles. The van der Waals surface area contributed by atoms with Gasteiger partial charge in [0.25, 0.3) is 0 Å². The fourth-order valence-corrected chi connectivity index (χ4v) is 4.32. The third-order valence-electron chi connectivity index (χ3n) is 4.81. The van der Waals surface area contributed by atoms with Crippen molar-refractivity contribution in [3.63, 3.8) is 0 Å². The van der Waals surface area contributed by atoms with Crippen molar-refractivity contribution in [1.82, 2.24) is 15.5 Å². The molecule has 3 rings (SSSR count). The van der Waals surface area contributed by atoms with E-state index >= 15 is 0 Å². The lowest BCUT2D eigenvalue weighted by atomic mass is 10.2. The van der Waals surface area contributed by atoms with Crippen LogP contribution in [-0.4, -0.2) is 44.1 Å². The number of hydrogen-bond acceptors (Lipinski definition) is 4. The van der Waals surface area contributed by atoms with Crippen LogP contribution in [0.15, 0.2) is 46.8 Å². The van der Waals surface area contributed by atoms with Crippen molar-refractivity contribution in [3.8, 4) is 5.75 Å². The van der Waals surface area contributed by atoms with Crippen molar-refractivity contribution in [3.05, 3.63) is 52.2 Å². The van der Waals surface area contributed by atoms with Crippen molar-refractivity contribution in [2.45, 2.75) is 32.4 Å². The molecule has 7 heteroatoms. The van der Waals surface area contributed by atoms with E-state index in [1.54, 1.807) is 0 Å². The van der Waals surface area contributed by atoms with Crippen LogP contribution >= 0.6 is 35.3 Å². The monoisotopic (exact) mass is 514 g/mol. The summed E-state index contributed by atoms with van der Waals surface area (Å²) in [4.78, 5) is 8.39. The molecule has 2 N–H and O–H groups in total. The molecule has 2 heterocycles. The molecule has 1 aliphatic rings. The van der Waals surface area contributed by atoms with Crippen molar-refractivity contribution < 1.29 is 4.74 Å². The molecule has 0 amide bonds. The highest BCUT2D eigenvalue weighted by Crippen LogP contribution is 2.27. The number of rotatable bonds is 8. The molecule has 0 spiro atoms. The highest BCUT2D eigenvalue weighted by molar-refractivity contribution is 14.0. The average molecular weight is 514 g/mol. The van der Waals surface area contributed by atoms with E-state index in [2.05, 4.69) is 50.2 Å². The Bertz CT molecular complexity index is 717. The molecule has 28 heavy (non-hydrogen) atoms. The number of hydrogen-bond donors (Lipinski definition) is 2. The van der Waals surface area contributed by atoms with Crippen molar-refractivity contribution in [1.29, 1.82) is 0 Å². The van der Waals surface area contributed by atoms with Gasteiger partial charge in [0.1, 0.15) is 5.75 Å². The van der Waals surface area contributed by atoms with E-state index in [9.17, 15) is 0 Å². The molecular formula is C21H31IN4OS. The summed E-state index contributed by atoms with van der Waals surface area (Å²) in [5.41, 5.74) is 1.18. The summed E-state index contributed by atoms with van der Waals surface area (Å²) in [6.45, 7) is 6.62. The van der Waals surface area contributed by atoms with Crippen LogP contribution < -0.4 is 15.4 Å². The molecule has 0 aliphatic carbocycles. The van der Waals surface area contributed by atoms with Gasteiger partial charge < -0.3 is 15.4 Å². The summed E-state index contributed by atoms with van der Waals surface area (Å²) in [6.07, 6.45) is 2.59. The lowest BCUT2D eigenvalue weighted by molar-refractivity contribution is 0.249. The highest BCUT2D eigenvalue weighted by Gasteiger charge is 2.24. The Morgan fingerprint density at radius 1 is 1.21 bits per heavy atom. The molecular weight excluding hydrogens is 483 g/mol. The normalized spacial score (nSPS) is 15.7. The maximum absolute atomic E-state index is 5.58. The molecule has 154 valence electrons. The molecule has 0 bridgehead atoms. The third-order valence-corrected chi connectivity index (χ3v) is 5.78. The number of ether oxygens (including phenoxy) is 1. The van der Waals surface area contributed by atoms with Gasteiger partial charge in [-0.15, -0.1) is 35.3 Å². The molecule has 1 aliphatic heterocycles. The number of benzene rings is 1. The van der Waals surface area contributed by atoms with Gasteiger partial charge in [-0.25, -0.2) is 0 Å². The predicted molar refractivity (Wildman–Crippen MR) is 129 cm³/mol. The number of halogens is 1. The topological polar surface area (TPSA) is 48.9 Å². The predicted octanol–water partition coefficient (Wildman–Crippen LogP) is 4.27. The molecule has 1 aromatic heterocycles. The Labute approximate surface area is 189 Å². The molecule has 1 atom stereocenters. The Balaban J connectivity index is 0.00000280. The van der Waals surface area contributed by atoms with Crippen LogP contribution in [0.5, 0.6) is 5.75 Å². The quantitative estimate of drug-likeness (QED) is 0.314. The van der Waals surface area contributed by atoms with Crippen LogP contribution in [0.25, 0.3) is 0 Å². The zero-order valence-corrected chi connectivity index (χ0v) is 19.8. The number of guanidine groups is 1. The first-order valence-electron chi connectivity index (χ1n) is 9.74. The summed E-state index contributed by atoms with van der Waals surface area (Å²) in [7, 11) is 1.82. The van der Waals surface area contributed by atoms with E-state index < -0.39 is 0 Å². The number of aliphatic imine (C=N–C) groups is 1. The van der Waals surface area contributed by atoms with Gasteiger partial charge in [-0.3, -0.25) is 9.89 Å². The van der Waals surface area contributed by atoms with Gasteiger partial charge in [0, 0.05) is 25.0 Å². The van der Waals surface area contributed by atoms with E-state index in [1.807, 2.05) is 37.4 Å². The summed E-state index contributed by atoms with van der Waals surface area (Å²) in [6, 6.07) is 13.0. The first kappa shape index (κ1) is 23.0. The van der Waals surface area contributed by atoms with Crippen molar-refractivity contribution in [2.75, 3.05) is 33.3 Å². The molecule has 1 fully saturated rings. The van der Waals surface area contributed by atoms with E-state index in [0.29, 0.717) is 19.2 Å². The number of nitrogens with one attached hydrogen (secondary N) is 2. The summed E-state index contributed by atoms with van der Waals surface area (Å²) >= 11 is 1.84. The van der Waals surface area contributed by atoms with Gasteiger partial charge in [0.15, 0.2) is 5.96 Å². The van der Waals surface area contributed by atoms with Gasteiger partial charge >= 0.3 is 0 Å². The molecule has 0 saturated carbocycles. The van der Waals surface area contributed by atoms with Gasteiger partial charge in [-0.05, 0) is 62.0 Å². The molecule has 5 nitrogen and oxygen atoms in total. The van der Waals surface area contributed by atoms with E-state index in [1.165, 1.54) is 36.4 Å². The van der Waals surface area contributed by atoms with Crippen LogP contribution in [0.3, 0.4) is 0 Å². The molecule has 1 saturated heterocycles. The van der Waals surface area contributed by atoms with Gasteiger partial charge in [-0.1, -0.05) is 18.2 Å². The Kier molecular flexibility index (Phi) is 10.1. The summed E-state index contributed by atoms with van der Waals surface area (Å²) < 4.78 is 5.58. The number of nitrogens with zero attached hydrogens (tertiary/aromatic N) is 2. The van der Waals surface area contributed by atoms with Crippen LogP contribution in [0.1, 0.15) is 36.2 Å². The number of likely N-dealkylation sites (tertiary alicyclic amines) is 1. The minimum Gasteiger partial charge on any atom is -0.494 e.